The van der Waals surface area contributed by atoms with Gasteiger partial charge in [0, 0.05) is 25.7 Å². The smallest absolute Gasteiger partial charge is 0.142 e. The first-order chi connectivity index (χ1) is 8.53. The van der Waals surface area contributed by atoms with E-state index in [2.05, 4.69) is 0 Å². The summed E-state index contributed by atoms with van der Waals surface area (Å²) >= 11 is 0. The van der Waals surface area contributed by atoms with Crippen molar-refractivity contribution in [2.24, 2.45) is 5.73 Å². The summed E-state index contributed by atoms with van der Waals surface area (Å²) in [6, 6.07) is 3.56. The standard InChI is InChI=1S/C13H22N2O3/c1-9-5-13(18-4)11(6-12(9)17-3)15(2)7-10(14)8-16/h5-6,10,16H,7-8,14H2,1-4H3. The van der Waals surface area contributed by atoms with Crippen molar-refractivity contribution in [3.63, 3.8) is 0 Å². The zero-order valence-corrected chi connectivity index (χ0v) is 11.4. The van der Waals surface area contributed by atoms with E-state index in [9.17, 15) is 0 Å². The fourth-order valence-electron chi connectivity index (χ4n) is 1.84. The van der Waals surface area contributed by atoms with E-state index >= 15 is 0 Å². The van der Waals surface area contributed by atoms with Crippen molar-refractivity contribution in [1.29, 1.82) is 0 Å². The summed E-state index contributed by atoms with van der Waals surface area (Å²) in [4.78, 5) is 1.95. The predicted octanol–water partition coefficient (Wildman–Crippen LogP) is 0.768. The Balaban J connectivity index is 3.05. The Kier molecular flexibility index (Phi) is 5.25. The van der Waals surface area contributed by atoms with Crippen molar-refractivity contribution in [1.82, 2.24) is 0 Å². The number of methoxy groups -OCH3 is 2. The molecule has 0 saturated carbocycles. The molecule has 3 N–H and O–H groups in total. The highest BCUT2D eigenvalue weighted by molar-refractivity contribution is 5.63. The van der Waals surface area contributed by atoms with Crippen LogP contribution >= 0.6 is 0 Å². The molecule has 18 heavy (non-hydrogen) atoms. The van der Waals surface area contributed by atoms with Crippen LogP contribution in [0.5, 0.6) is 11.5 Å². The summed E-state index contributed by atoms with van der Waals surface area (Å²) in [5, 5.41) is 8.99. The minimum atomic E-state index is -0.285. The van der Waals surface area contributed by atoms with Crippen molar-refractivity contribution in [3.8, 4) is 11.5 Å². The first-order valence-electron chi connectivity index (χ1n) is 5.83. The molecule has 0 aliphatic heterocycles. The molecular weight excluding hydrogens is 232 g/mol. The van der Waals surface area contributed by atoms with Crippen molar-refractivity contribution >= 4 is 5.69 Å². The molecule has 1 atom stereocenters. The number of rotatable bonds is 6. The number of aliphatic hydroxyl groups is 1. The number of ether oxygens (including phenoxy) is 2. The molecule has 0 bridgehead atoms. The third-order valence-electron chi connectivity index (χ3n) is 2.85. The number of likely N-dealkylation sites (N-methyl/N-ethyl adjacent to an activating group) is 1. The van der Waals surface area contributed by atoms with Crippen LogP contribution in [0.1, 0.15) is 5.56 Å². The number of aliphatic hydroxyl groups excluding tert-OH is 1. The number of benzene rings is 1. The quantitative estimate of drug-likeness (QED) is 0.785. The molecule has 0 saturated heterocycles. The molecule has 5 heteroatoms. The van der Waals surface area contributed by atoms with Crippen LogP contribution in [-0.4, -0.2) is 45.6 Å². The van der Waals surface area contributed by atoms with E-state index in [0.717, 1.165) is 22.7 Å². The highest BCUT2D eigenvalue weighted by atomic mass is 16.5. The summed E-state index contributed by atoms with van der Waals surface area (Å²) in [5.41, 5.74) is 7.64. The number of nitrogens with zero attached hydrogens (tertiary/aromatic N) is 1. The molecule has 0 radical (unpaired) electrons. The van der Waals surface area contributed by atoms with Gasteiger partial charge in [-0.1, -0.05) is 0 Å². The van der Waals surface area contributed by atoms with E-state index in [4.69, 9.17) is 20.3 Å². The van der Waals surface area contributed by atoms with Crippen LogP contribution in [-0.2, 0) is 0 Å². The van der Waals surface area contributed by atoms with Gasteiger partial charge in [0.1, 0.15) is 11.5 Å². The normalized spacial score (nSPS) is 12.1. The predicted molar refractivity (Wildman–Crippen MR) is 72.6 cm³/mol. The molecule has 102 valence electrons. The van der Waals surface area contributed by atoms with Crippen LogP contribution in [0.25, 0.3) is 0 Å². The molecule has 1 unspecified atom stereocenters. The van der Waals surface area contributed by atoms with Gasteiger partial charge in [0.05, 0.1) is 26.5 Å². The zero-order valence-electron chi connectivity index (χ0n) is 11.4. The van der Waals surface area contributed by atoms with E-state index in [-0.39, 0.29) is 12.6 Å². The second-order valence-corrected chi connectivity index (χ2v) is 4.32. The highest BCUT2D eigenvalue weighted by Gasteiger charge is 2.14. The van der Waals surface area contributed by atoms with E-state index in [0.29, 0.717) is 6.54 Å². The molecule has 0 aliphatic carbocycles. The molecule has 1 aromatic carbocycles. The monoisotopic (exact) mass is 254 g/mol. The number of nitrogens with two attached hydrogens (primary N) is 1. The Morgan fingerprint density at radius 1 is 1.28 bits per heavy atom. The van der Waals surface area contributed by atoms with Crippen molar-refractivity contribution < 1.29 is 14.6 Å². The SMILES string of the molecule is COc1cc(N(C)CC(N)CO)c(OC)cc1C. The largest absolute Gasteiger partial charge is 0.496 e. The van der Waals surface area contributed by atoms with Crippen LogP contribution in [0.2, 0.25) is 0 Å². The fraction of sp³-hybridized carbons (Fsp3) is 0.538. The molecule has 0 amide bonds. The van der Waals surface area contributed by atoms with Gasteiger partial charge in [-0.2, -0.15) is 0 Å². The van der Waals surface area contributed by atoms with Crippen molar-refractivity contribution in [3.05, 3.63) is 17.7 Å². The van der Waals surface area contributed by atoms with E-state index in [1.54, 1.807) is 14.2 Å². The van der Waals surface area contributed by atoms with Gasteiger partial charge in [-0.3, -0.25) is 0 Å². The first-order valence-corrected chi connectivity index (χ1v) is 5.83. The molecule has 0 aromatic heterocycles. The van der Waals surface area contributed by atoms with Gasteiger partial charge in [-0.05, 0) is 18.6 Å². The lowest BCUT2D eigenvalue weighted by Crippen LogP contribution is -2.38. The molecule has 5 nitrogen and oxygen atoms in total. The Labute approximate surface area is 108 Å². The van der Waals surface area contributed by atoms with Crippen molar-refractivity contribution in [2.45, 2.75) is 13.0 Å². The minimum Gasteiger partial charge on any atom is -0.496 e. The maximum atomic E-state index is 8.99. The maximum absolute atomic E-state index is 8.99. The lowest BCUT2D eigenvalue weighted by molar-refractivity contribution is 0.267. The van der Waals surface area contributed by atoms with Crippen LogP contribution in [0.4, 0.5) is 5.69 Å². The summed E-state index contributed by atoms with van der Waals surface area (Å²) in [6.45, 7) is 2.46. The van der Waals surface area contributed by atoms with Gasteiger partial charge < -0.3 is 25.2 Å². The molecule has 0 heterocycles. The highest BCUT2D eigenvalue weighted by Crippen LogP contribution is 2.34. The summed E-state index contributed by atoms with van der Waals surface area (Å²) in [7, 11) is 5.17. The van der Waals surface area contributed by atoms with Crippen molar-refractivity contribution in [2.75, 3.05) is 39.3 Å². The van der Waals surface area contributed by atoms with E-state index in [1.807, 2.05) is 31.0 Å². The van der Waals surface area contributed by atoms with Gasteiger partial charge in [0.25, 0.3) is 0 Å². The van der Waals surface area contributed by atoms with Gasteiger partial charge in [0.15, 0.2) is 0 Å². The summed E-state index contributed by atoms with van der Waals surface area (Å²) < 4.78 is 10.7. The van der Waals surface area contributed by atoms with Crippen LogP contribution in [0.15, 0.2) is 12.1 Å². The Hall–Kier alpha value is -1.46. The van der Waals surface area contributed by atoms with Gasteiger partial charge in [-0.25, -0.2) is 0 Å². The maximum Gasteiger partial charge on any atom is 0.142 e. The second-order valence-electron chi connectivity index (χ2n) is 4.32. The third kappa shape index (κ3) is 3.27. The fourth-order valence-corrected chi connectivity index (χ4v) is 1.84. The topological polar surface area (TPSA) is 68.0 Å². The van der Waals surface area contributed by atoms with Crippen LogP contribution in [0, 0.1) is 6.92 Å². The van der Waals surface area contributed by atoms with Crippen LogP contribution < -0.4 is 20.1 Å². The Bertz CT molecular complexity index is 396. The lowest BCUT2D eigenvalue weighted by Gasteiger charge is -2.25. The number of aryl methyl sites for hydroxylation is 1. The first kappa shape index (κ1) is 14.6. The average Bonchev–Trinajstić information content (AvgIpc) is 2.37. The zero-order chi connectivity index (χ0) is 13.7. The molecule has 0 aliphatic rings. The molecule has 0 fully saturated rings. The molecule has 1 aromatic rings. The third-order valence-corrected chi connectivity index (χ3v) is 2.85. The van der Waals surface area contributed by atoms with Gasteiger partial charge in [-0.15, -0.1) is 0 Å². The van der Waals surface area contributed by atoms with Crippen LogP contribution in [0.3, 0.4) is 0 Å². The summed E-state index contributed by atoms with van der Waals surface area (Å²) in [5.74, 6) is 1.57. The summed E-state index contributed by atoms with van der Waals surface area (Å²) in [6.07, 6.45) is 0. The lowest BCUT2D eigenvalue weighted by atomic mass is 10.1. The second kappa shape index (κ2) is 6.47. The van der Waals surface area contributed by atoms with Gasteiger partial charge in [0.2, 0.25) is 0 Å². The number of anilines is 1. The molecule has 1 rings (SSSR count). The Morgan fingerprint density at radius 2 is 1.89 bits per heavy atom. The Morgan fingerprint density at radius 3 is 2.39 bits per heavy atom. The molecular formula is C13H22N2O3. The average molecular weight is 254 g/mol. The number of hydrogen-bond acceptors (Lipinski definition) is 5. The van der Waals surface area contributed by atoms with E-state index < -0.39 is 0 Å². The van der Waals surface area contributed by atoms with E-state index in [1.165, 1.54) is 0 Å². The molecule has 0 spiro atoms. The van der Waals surface area contributed by atoms with Gasteiger partial charge >= 0.3 is 0 Å². The minimum absolute atomic E-state index is 0.0460. The number of hydrogen-bond donors (Lipinski definition) is 2.